The van der Waals surface area contributed by atoms with Gasteiger partial charge in [-0.1, -0.05) is 25.1 Å². The van der Waals surface area contributed by atoms with Crippen LogP contribution in [-0.2, 0) is 4.79 Å². The molecule has 0 atom stereocenters. The number of hydrogen-bond donors (Lipinski definition) is 3. The summed E-state index contributed by atoms with van der Waals surface area (Å²) in [4.78, 5) is 29.5. The van der Waals surface area contributed by atoms with E-state index in [1.54, 1.807) is 6.20 Å². The van der Waals surface area contributed by atoms with Gasteiger partial charge in [-0.15, -0.1) is 0 Å². The molecule has 0 saturated heterocycles. The van der Waals surface area contributed by atoms with Crippen molar-refractivity contribution >= 4 is 39.8 Å². The second-order valence-electron chi connectivity index (χ2n) is 8.27. The zero-order chi connectivity index (χ0) is 21.7. The predicted molar refractivity (Wildman–Crippen MR) is 122 cm³/mol. The van der Waals surface area contributed by atoms with Crippen LogP contribution in [0.5, 0.6) is 0 Å². The second kappa shape index (κ2) is 8.95. The van der Waals surface area contributed by atoms with Crippen LogP contribution in [-0.4, -0.2) is 22.3 Å². The van der Waals surface area contributed by atoms with Gasteiger partial charge in [0.2, 0.25) is 5.91 Å². The second-order valence-corrected chi connectivity index (χ2v) is 8.27. The van der Waals surface area contributed by atoms with Crippen molar-refractivity contribution in [3.05, 3.63) is 60.3 Å². The van der Waals surface area contributed by atoms with Crippen molar-refractivity contribution < 1.29 is 9.59 Å². The van der Waals surface area contributed by atoms with Crippen molar-refractivity contribution in [3.8, 4) is 0 Å². The van der Waals surface area contributed by atoms with Gasteiger partial charge in [0.15, 0.2) is 0 Å². The van der Waals surface area contributed by atoms with E-state index in [0.717, 1.165) is 23.0 Å². The summed E-state index contributed by atoms with van der Waals surface area (Å²) in [6, 6.07) is 15.2. The fourth-order valence-electron chi connectivity index (χ4n) is 3.10. The molecule has 0 aliphatic rings. The molecule has 2 aromatic carbocycles. The molecule has 0 saturated carbocycles. The molecule has 2 amide bonds. The van der Waals surface area contributed by atoms with Crippen LogP contribution in [0.25, 0.3) is 10.9 Å². The highest BCUT2D eigenvalue weighted by atomic mass is 16.2. The number of anilines is 3. The first-order chi connectivity index (χ1) is 14.3. The number of fused-ring (bicyclic) bond motifs is 1. The van der Waals surface area contributed by atoms with E-state index in [2.05, 4.69) is 20.9 Å². The molecule has 3 N–H and O–H groups in total. The van der Waals surface area contributed by atoms with Crippen molar-refractivity contribution in [3.63, 3.8) is 0 Å². The summed E-state index contributed by atoms with van der Waals surface area (Å²) in [5, 5.41) is 10.1. The van der Waals surface area contributed by atoms with Gasteiger partial charge in [0.1, 0.15) is 0 Å². The Labute approximate surface area is 177 Å². The lowest BCUT2D eigenvalue weighted by atomic mass is 10.0. The van der Waals surface area contributed by atoms with Crippen LogP contribution >= 0.6 is 0 Å². The first-order valence-electron chi connectivity index (χ1n) is 10.1. The fraction of sp³-hybridized carbons (Fsp3) is 0.292. The molecule has 156 valence electrons. The van der Waals surface area contributed by atoms with Gasteiger partial charge in [-0.3, -0.25) is 14.6 Å². The van der Waals surface area contributed by atoms with Crippen molar-refractivity contribution in [2.45, 2.75) is 46.1 Å². The van der Waals surface area contributed by atoms with E-state index in [1.165, 1.54) is 0 Å². The van der Waals surface area contributed by atoms with Crippen molar-refractivity contribution in [2.24, 2.45) is 0 Å². The Balaban J connectivity index is 2.10. The van der Waals surface area contributed by atoms with E-state index >= 15 is 0 Å². The summed E-state index contributed by atoms with van der Waals surface area (Å²) >= 11 is 0. The van der Waals surface area contributed by atoms with Gasteiger partial charge in [-0.2, -0.15) is 0 Å². The predicted octanol–water partition coefficient (Wildman–Crippen LogP) is 5.25. The van der Waals surface area contributed by atoms with Crippen LogP contribution in [0.15, 0.2) is 54.7 Å². The maximum absolute atomic E-state index is 13.0. The molecular weight excluding hydrogens is 376 g/mol. The van der Waals surface area contributed by atoms with Gasteiger partial charge in [-0.05, 0) is 57.5 Å². The minimum absolute atomic E-state index is 0.0380. The quantitative estimate of drug-likeness (QED) is 0.524. The topological polar surface area (TPSA) is 83.1 Å². The van der Waals surface area contributed by atoms with E-state index < -0.39 is 0 Å². The number of para-hydroxylation sites is 1. The van der Waals surface area contributed by atoms with E-state index in [9.17, 15) is 9.59 Å². The molecule has 30 heavy (non-hydrogen) atoms. The Morgan fingerprint density at radius 1 is 1.00 bits per heavy atom. The lowest BCUT2D eigenvalue weighted by Crippen LogP contribution is -2.40. The molecule has 0 radical (unpaired) electrons. The zero-order valence-corrected chi connectivity index (χ0v) is 17.9. The molecule has 0 unspecified atom stereocenters. The Hall–Kier alpha value is -3.41. The molecule has 0 aliphatic carbocycles. The van der Waals surface area contributed by atoms with Crippen LogP contribution in [0.3, 0.4) is 0 Å². The summed E-state index contributed by atoms with van der Waals surface area (Å²) in [5.41, 5.74) is 2.97. The van der Waals surface area contributed by atoms with Crippen LogP contribution in [0.4, 0.5) is 17.1 Å². The number of nitrogens with one attached hydrogen (secondary N) is 3. The Kier molecular flexibility index (Phi) is 6.35. The van der Waals surface area contributed by atoms with E-state index in [0.29, 0.717) is 23.4 Å². The molecule has 3 aromatic rings. The highest BCUT2D eigenvalue weighted by Crippen LogP contribution is 2.31. The van der Waals surface area contributed by atoms with E-state index in [-0.39, 0.29) is 17.4 Å². The third-order valence-corrected chi connectivity index (χ3v) is 4.41. The lowest BCUT2D eigenvalue weighted by molar-refractivity contribution is -0.116. The number of pyridine rings is 1. The first-order valence-corrected chi connectivity index (χ1v) is 10.1. The normalized spacial score (nSPS) is 11.2. The molecule has 1 aromatic heterocycles. The highest BCUT2D eigenvalue weighted by Gasteiger charge is 2.21. The molecule has 0 fully saturated rings. The van der Waals surface area contributed by atoms with Gasteiger partial charge in [-0.25, -0.2) is 0 Å². The van der Waals surface area contributed by atoms with Gasteiger partial charge in [0, 0.05) is 34.9 Å². The monoisotopic (exact) mass is 404 g/mol. The standard InChI is InChI=1S/C24H28N4O2/c1-5-9-21(29)26-17-12-13-20-18(14-17)22(27-16-10-7-6-8-11-16)19(15-25-20)23(30)28-24(2,3)4/h6-8,10-15H,5,9H2,1-4H3,(H,25,27)(H,26,29)(H,28,30). The fourth-order valence-corrected chi connectivity index (χ4v) is 3.10. The smallest absolute Gasteiger partial charge is 0.255 e. The van der Waals surface area contributed by atoms with Crippen LogP contribution in [0.2, 0.25) is 0 Å². The van der Waals surface area contributed by atoms with Gasteiger partial charge in [0.05, 0.1) is 16.8 Å². The number of rotatable bonds is 6. The Bertz CT molecular complexity index is 1060. The van der Waals surface area contributed by atoms with E-state index in [1.807, 2.05) is 76.2 Å². The van der Waals surface area contributed by atoms with Crippen molar-refractivity contribution in [2.75, 3.05) is 10.6 Å². The van der Waals surface area contributed by atoms with Crippen molar-refractivity contribution in [1.82, 2.24) is 10.3 Å². The summed E-state index contributed by atoms with van der Waals surface area (Å²) < 4.78 is 0. The van der Waals surface area contributed by atoms with Crippen LogP contribution < -0.4 is 16.0 Å². The largest absolute Gasteiger partial charge is 0.354 e. The SMILES string of the molecule is CCCC(=O)Nc1ccc2ncc(C(=O)NC(C)(C)C)c(Nc3ccccc3)c2c1. The average molecular weight is 405 g/mol. The highest BCUT2D eigenvalue weighted by molar-refractivity contribution is 6.09. The summed E-state index contributed by atoms with van der Waals surface area (Å²) in [7, 11) is 0. The Morgan fingerprint density at radius 2 is 1.73 bits per heavy atom. The van der Waals surface area contributed by atoms with Gasteiger partial charge < -0.3 is 16.0 Å². The average Bonchev–Trinajstić information content (AvgIpc) is 2.68. The Morgan fingerprint density at radius 3 is 2.40 bits per heavy atom. The summed E-state index contributed by atoms with van der Waals surface area (Å²) in [5.74, 6) is -0.250. The number of carbonyl (C=O) groups is 2. The third kappa shape index (κ3) is 5.35. The maximum atomic E-state index is 13.0. The molecule has 6 nitrogen and oxygen atoms in total. The number of benzene rings is 2. The minimum atomic E-state index is -0.383. The number of carbonyl (C=O) groups excluding carboxylic acids is 2. The number of aromatic nitrogens is 1. The van der Waals surface area contributed by atoms with Gasteiger partial charge >= 0.3 is 0 Å². The molecule has 0 spiro atoms. The molecular formula is C24H28N4O2. The molecule has 1 heterocycles. The van der Waals surface area contributed by atoms with Crippen LogP contribution in [0.1, 0.15) is 50.9 Å². The minimum Gasteiger partial charge on any atom is -0.354 e. The molecule has 3 rings (SSSR count). The van der Waals surface area contributed by atoms with Crippen molar-refractivity contribution in [1.29, 1.82) is 0 Å². The summed E-state index contributed by atoms with van der Waals surface area (Å²) in [6.07, 6.45) is 2.82. The zero-order valence-electron chi connectivity index (χ0n) is 17.9. The molecule has 6 heteroatoms. The number of nitrogens with zero attached hydrogens (tertiary/aromatic N) is 1. The molecule has 0 aliphatic heterocycles. The number of amides is 2. The first kappa shape index (κ1) is 21.3. The third-order valence-electron chi connectivity index (χ3n) is 4.41. The summed E-state index contributed by atoms with van der Waals surface area (Å²) in [6.45, 7) is 7.77. The maximum Gasteiger partial charge on any atom is 0.255 e. The van der Waals surface area contributed by atoms with E-state index in [4.69, 9.17) is 0 Å². The number of hydrogen-bond acceptors (Lipinski definition) is 4. The lowest BCUT2D eigenvalue weighted by Gasteiger charge is -2.22. The van der Waals surface area contributed by atoms with Gasteiger partial charge in [0.25, 0.3) is 5.91 Å². The molecule has 0 bridgehead atoms. The van der Waals surface area contributed by atoms with Crippen LogP contribution in [0, 0.1) is 0 Å².